The molecule has 4 nitrogen and oxygen atoms in total. The van der Waals surface area contributed by atoms with Crippen LogP contribution in [0.4, 0.5) is 0 Å². The van der Waals surface area contributed by atoms with Gasteiger partial charge in [0.25, 0.3) is 0 Å². The van der Waals surface area contributed by atoms with Crippen molar-refractivity contribution in [2.75, 3.05) is 0 Å². The van der Waals surface area contributed by atoms with Gasteiger partial charge in [-0.1, -0.05) is 25.7 Å². The zero-order chi connectivity index (χ0) is 10.6. The summed E-state index contributed by atoms with van der Waals surface area (Å²) in [5.41, 5.74) is 0. The lowest BCUT2D eigenvalue weighted by Crippen LogP contribution is -2.34. The van der Waals surface area contributed by atoms with Crippen LogP contribution in [0.1, 0.15) is 38.5 Å². The average molecular weight is 240 g/mol. The molecule has 0 aromatic rings. The van der Waals surface area contributed by atoms with E-state index in [2.05, 4.69) is 0 Å². The maximum atomic E-state index is 11.0. The molecule has 0 aromatic heterocycles. The third-order valence-corrected chi connectivity index (χ3v) is 5.00. The first-order valence-corrected chi connectivity index (χ1v) is 7.16. The maximum absolute atomic E-state index is 11.0. The molecule has 1 rings (SSSR count). The first kappa shape index (κ1) is 12.3. The molecule has 0 heterocycles. The highest BCUT2D eigenvalue weighted by atomic mass is 32.2. The van der Waals surface area contributed by atoms with Crippen molar-refractivity contribution in [3.05, 3.63) is 0 Å². The van der Waals surface area contributed by atoms with Crippen molar-refractivity contribution in [2.45, 2.75) is 49.0 Å². The first-order chi connectivity index (χ1) is 6.63. The molecule has 1 aliphatic carbocycles. The molecule has 0 bridgehead atoms. The summed E-state index contributed by atoms with van der Waals surface area (Å²) in [5.74, 6) is 0. The van der Waals surface area contributed by atoms with Crippen LogP contribution in [0.3, 0.4) is 0 Å². The van der Waals surface area contributed by atoms with Gasteiger partial charge in [0.05, 0.1) is 10.5 Å². The van der Waals surface area contributed by atoms with Crippen molar-refractivity contribution >= 4 is 22.2 Å². The lowest BCUT2D eigenvalue weighted by atomic mass is 10.0. The zero-order valence-corrected chi connectivity index (χ0v) is 9.56. The van der Waals surface area contributed by atoms with Gasteiger partial charge in [-0.3, -0.25) is 0 Å². The van der Waals surface area contributed by atoms with Crippen LogP contribution in [-0.4, -0.2) is 28.0 Å². The second-order valence-corrected chi connectivity index (χ2v) is 5.94. The summed E-state index contributed by atoms with van der Waals surface area (Å²) in [6, 6.07) is 0. The number of hydrogen-bond donors (Lipinski definition) is 2. The van der Waals surface area contributed by atoms with E-state index in [4.69, 9.17) is 9.11 Å². The lowest BCUT2D eigenvalue weighted by Gasteiger charge is -2.23. The molecule has 4 atom stereocenters. The summed E-state index contributed by atoms with van der Waals surface area (Å²) in [6.45, 7) is 0. The summed E-state index contributed by atoms with van der Waals surface area (Å²) >= 11 is -3.95. The second kappa shape index (κ2) is 5.95. The van der Waals surface area contributed by atoms with Gasteiger partial charge in [-0.15, -0.1) is 0 Å². The Hall–Kier alpha value is 0.220. The standard InChI is InChI=1S/C8H16O4S2/c9-13(10)7-5-3-1-2-4-6-8(7)14(11)12/h7-8H,1-6H2,(H,9,10)(H,11,12)/t7-,8+. The van der Waals surface area contributed by atoms with Crippen molar-refractivity contribution in [1.82, 2.24) is 0 Å². The van der Waals surface area contributed by atoms with Crippen molar-refractivity contribution in [1.29, 1.82) is 0 Å². The summed E-state index contributed by atoms with van der Waals surface area (Å²) in [5, 5.41) is -1.05. The summed E-state index contributed by atoms with van der Waals surface area (Å²) in [6.07, 6.45) is 5.03. The molecule has 0 radical (unpaired) electrons. The Labute approximate surface area is 89.0 Å². The smallest absolute Gasteiger partial charge is 0.157 e. The lowest BCUT2D eigenvalue weighted by molar-refractivity contribution is 0.459. The zero-order valence-electron chi connectivity index (χ0n) is 7.92. The van der Waals surface area contributed by atoms with Crippen LogP contribution in [0.15, 0.2) is 0 Å². The highest BCUT2D eigenvalue weighted by Gasteiger charge is 2.31. The predicted molar refractivity (Wildman–Crippen MR) is 56.8 cm³/mol. The van der Waals surface area contributed by atoms with E-state index in [0.29, 0.717) is 12.8 Å². The van der Waals surface area contributed by atoms with Gasteiger partial charge in [0.2, 0.25) is 0 Å². The Morgan fingerprint density at radius 3 is 1.43 bits per heavy atom. The third-order valence-electron chi connectivity index (χ3n) is 2.66. The van der Waals surface area contributed by atoms with E-state index in [0.717, 1.165) is 25.7 Å². The molecule has 0 aliphatic heterocycles. The van der Waals surface area contributed by atoms with Gasteiger partial charge in [-0.25, -0.2) is 8.42 Å². The fourth-order valence-electron chi connectivity index (χ4n) is 1.88. The second-order valence-electron chi connectivity index (χ2n) is 3.62. The van der Waals surface area contributed by atoms with Crippen molar-refractivity contribution < 1.29 is 17.5 Å². The van der Waals surface area contributed by atoms with Crippen molar-refractivity contribution in [3.8, 4) is 0 Å². The van der Waals surface area contributed by atoms with Crippen LogP contribution < -0.4 is 0 Å². The number of rotatable bonds is 2. The fraction of sp³-hybridized carbons (Fsp3) is 1.00. The van der Waals surface area contributed by atoms with Crippen LogP contribution >= 0.6 is 0 Å². The van der Waals surface area contributed by atoms with Gasteiger partial charge in [-0.2, -0.15) is 0 Å². The fourth-order valence-corrected chi connectivity index (χ4v) is 3.98. The normalized spacial score (nSPS) is 34.1. The van der Waals surface area contributed by atoms with Gasteiger partial charge in [0.15, 0.2) is 22.2 Å². The monoisotopic (exact) mass is 240 g/mol. The van der Waals surface area contributed by atoms with Gasteiger partial charge < -0.3 is 9.11 Å². The summed E-state index contributed by atoms with van der Waals surface area (Å²) < 4.78 is 40.1. The van der Waals surface area contributed by atoms with Gasteiger partial charge >= 0.3 is 0 Å². The van der Waals surface area contributed by atoms with Crippen LogP contribution in [0.25, 0.3) is 0 Å². The molecule has 6 heteroatoms. The van der Waals surface area contributed by atoms with E-state index in [9.17, 15) is 8.42 Å². The summed E-state index contributed by atoms with van der Waals surface area (Å²) in [4.78, 5) is 0. The molecule has 2 unspecified atom stereocenters. The quantitative estimate of drug-likeness (QED) is 0.718. The molecule has 0 spiro atoms. The van der Waals surface area contributed by atoms with E-state index in [-0.39, 0.29) is 0 Å². The van der Waals surface area contributed by atoms with Crippen molar-refractivity contribution in [2.24, 2.45) is 0 Å². The molecule has 1 saturated carbocycles. The van der Waals surface area contributed by atoms with Gasteiger partial charge in [0, 0.05) is 0 Å². The Kier molecular flexibility index (Phi) is 5.22. The molecule has 84 valence electrons. The van der Waals surface area contributed by atoms with E-state index in [1.54, 1.807) is 0 Å². The van der Waals surface area contributed by atoms with Crippen molar-refractivity contribution in [3.63, 3.8) is 0 Å². The van der Waals surface area contributed by atoms with Crippen LogP contribution in [0.5, 0.6) is 0 Å². The Balaban J connectivity index is 2.70. The van der Waals surface area contributed by atoms with E-state index < -0.39 is 32.7 Å². The van der Waals surface area contributed by atoms with E-state index in [1.165, 1.54) is 0 Å². The minimum atomic E-state index is -1.97. The molecule has 2 N–H and O–H groups in total. The van der Waals surface area contributed by atoms with E-state index >= 15 is 0 Å². The summed E-state index contributed by atoms with van der Waals surface area (Å²) in [7, 11) is 0. The van der Waals surface area contributed by atoms with Crippen LogP contribution in [0, 0.1) is 0 Å². The topological polar surface area (TPSA) is 74.6 Å². The molecule has 1 aliphatic rings. The first-order valence-electron chi connectivity index (χ1n) is 4.82. The highest BCUT2D eigenvalue weighted by molar-refractivity contribution is 7.84. The molecule has 1 fully saturated rings. The average Bonchev–Trinajstić information content (AvgIpc) is 2.01. The largest absolute Gasteiger partial charge is 0.306 e. The minimum absolute atomic E-state index is 0.527. The molecule has 0 aromatic carbocycles. The Morgan fingerprint density at radius 2 is 1.14 bits per heavy atom. The Morgan fingerprint density at radius 1 is 0.786 bits per heavy atom. The third kappa shape index (κ3) is 3.42. The maximum Gasteiger partial charge on any atom is 0.157 e. The molecule has 0 amide bonds. The highest BCUT2D eigenvalue weighted by Crippen LogP contribution is 2.23. The predicted octanol–water partition coefficient (Wildman–Crippen LogP) is 1.52. The molecular weight excluding hydrogens is 224 g/mol. The minimum Gasteiger partial charge on any atom is -0.306 e. The molecule has 14 heavy (non-hydrogen) atoms. The van der Waals surface area contributed by atoms with Crippen LogP contribution in [-0.2, 0) is 22.2 Å². The number of hydrogen-bond acceptors (Lipinski definition) is 2. The van der Waals surface area contributed by atoms with Gasteiger partial charge in [0.1, 0.15) is 0 Å². The Bertz CT molecular complexity index is 207. The SMILES string of the molecule is O=S(O)[C@@H]1CCCCCC[C@@H]1S(=O)O. The molecular formula is C8H16O4S2. The molecule has 0 saturated heterocycles. The van der Waals surface area contributed by atoms with E-state index in [1.807, 2.05) is 0 Å². The van der Waals surface area contributed by atoms with Crippen LogP contribution in [0.2, 0.25) is 0 Å². The van der Waals surface area contributed by atoms with Gasteiger partial charge in [-0.05, 0) is 12.8 Å².